The van der Waals surface area contributed by atoms with Crippen molar-refractivity contribution in [3.8, 4) is 39.5 Å². The minimum Gasteiger partial charge on any atom is -0.456 e. The van der Waals surface area contributed by atoms with Crippen molar-refractivity contribution >= 4 is 65.4 Å². The van der Waals surface area contributed by atoms with E-state index in [2.05, 4.69) is 54.6 Å². The lowest BCUT2D eigenvalue weighted by Crippen LogP contribution is -2.03. The maximum atomic E-state index is 9.06. The minimum atomic E-state index is -0.462. The highest BCUT2D eigenvalue weighted by Crippen LogP contribution is 2.39. The Morgan fingerprint density at radius 1 is 0.442 bits per heavy atom. The van der Waals surface area contributed by atoms with Crippen LogP contribution in [0.2, 0.25) is 0 Å². The number of nitrogens with zero attached hydrogens (tertiary/aromatic N) is 3. The molecule has 0 aliphatic carbocycles. The topological polar surface area (TPSA) is 43.9 Å². The van der Waals surface area contributed by atoms with Crippen LogP contribution in [-0.2, 0) is 0 Å². The van der Waals surface area contributed by atoms with Gasteiger partial charge in [0.2, 0.25) is 5.95 Å². The predicted molar refractivity (Wildman–Crippen MR) is 215 cm³/mol. The van der Waals surface area contributed by atoms with E-state index in [0.717, 1.165) is 76.8 Å². The fourth-order valence-corrected chi connectivity index (χ4v) is 7.59. The summed E-state index contributed by atoms with van der Waals surface area (Å²) >= 11 is 0. The van der Waals surface area contributed by atoms with Crippen molar-refractivity contribution in [3.05, 3.63) is 176 Å². The van der Waals surface area contributed by atoms with E-state index >= 15 is 0 Å². The molecule has 0 saturated carbocycles. The van der Waals surface area contributed by atoms with E-state index in [0.29, 0.717) is 16.9 Å². The van der Waals surface area contributed by atoms with E-state index < -0.39 is 18.1 Å². The van der Waals surface area contributed by atoms with Crippen LogP contribution >= 0.6 is 0 Å². The SMILES string of the molecule is [2H]c1c([2H])c([2H])c(-c2nc(-n3c4ccc(-c5ccccc5)cc4c4cc5ccccc5cc43)nc3ccc(-c4ccc5c(c4)oc4ccccc45)cc23)c([2H])c1[2H]. The first-order valence-electron chi connectivity index (χ1n) is 19.7. The van der Waals surface area contributed by atoms with Crippen LogP contribution in [0.5, 0.6) is 0 Å². The second-order valence-electron chi connectivity index (χ2n) is 13.1. The van der Waals surface area contributed by atoms with Crippen molar-refractivity contribution in [2.45, 2.75) is 0 Å². The van der Waals surface area contributed by atoms with Crippen molar-refractivity contribution in [1.29, 1.82) is 0 Å². The van der Waals surface area contributed by atoms with E-state index in [1.54, 1.807) is 0 Å². The number of benzene rings is 8. The summed E-state index contributed by atoms with van der Waals surface area (Å²) in [5.74, 6) is 0.323. The first-order chi connectivity index (χ1) is 27.8. The van der Waals surface area contributed by atoms with Crippen LogP contribution in [-0.4, -0.2) is 14.5 Å². The molecule has 0 fully saturated rings. The molecule has 3 heterocycles. The number of para-hydroxylation sites is 1. The van der Waals surface area contributed by atoms with Gasteiger partial charge in [0.1, 0.15) is 11.2 Å². The molecule has 3 aromatic heterocycles. The monoisotopic (exact) mass is 668 g/mol. The lowest BCUT2D eigenvalue weighted by atomic mass is 9.99. The number of hydrogen-bond acceptors (Lipinski definition) is 3. The molecule has 0 radical (unpaired) electrons. The second kappa shape index (κ2) is 11.2. The molecule has 0 aliphatic rings. The fraction of sp³-hybridized carbons (Fsp3) is 0. The van der Waals surface area contributed by atoms with Gasteiger partial charge in [-0.1, -0.05) is 121 Å². The normalized spacial score (nSPS) is 13.2. The number of aromatic nitrogens is 3. The Kier molecular flexibility index (Phi) is 5.22. The summed E-state index contributed by atoms with van der Waals surface area (Å²) in [5.41, 5.74) is 8.04. The molecule has 0 atom stereocenters. The summed E-state index contributed by atoms with van der Waals surface area (Å²) in [5, 5.41) is 6.79. The molecule has 0 N–H and O–H groups in total. The third kappa shape index (κ3) is 4.48. The van der Waals surface area contributed by atoms with Gasteiger partial charge in [0, 0.05) is 32.5 Å². The zero-order valence-corrected chi connectivity index (χ0v) is 27.6. The summed E-state index contributed by atoms with van der Waals surface area (Å²) in [6.45, 7) is 0. The van der Waals surface area contributed by atoms with Gasteiger partial charge in [-0.3, -0.25) is 4.57 Å². The Balaban J connectivity index is 1.20. The molecule has 0 bridgehead atoms. The predicted octanol–water partition coefficient (Wildman–Crippen LogP) is 12.8. The van der Waals surface area contributed by atoms with Crippen LogP contribution in [0.25, 0.3) is 105 Å². The third-order valence-corrected chi connectivity index (χ3v) is 10.1. The summed E-state index contributed by atoms with van der Waals surface area (Å²) < 4.78 is 51.9. The van der Waals surface area contributed by atoms with Gasteiger partial charge in [-0.25, -0.2) is 9.97 Å². The molecule has 0 amide bonds. The molecule has 52 heavy (non-hydrogen) atoms. The highest BCUT2D eigenvalue weighted by Gasteiger charge is 2.19. The smallest absolute Gasteiger partial charge is 0.235 e. The zero-order chi connectivity index (χ0) is 38.5. The van der Waals surface area contributed by atoms with E-state index in [-0.39, 0.29) is 23.3 Å². The van der Waals surface area contributed by atoms with Crippen LogP contribution < -0.4 is 0 Å². The van der Waals surface area contributed by atoms with Crippen molar-refractivity contribution in [3.63, 3.8) is 0 Å². The number of fused-ring (bicyclic) bond motifs is 8. The van der Waals surface area contributed by atoms with Gasteiger partial charge < -0.3 is 4.42 Å². The Morgan fingerprint density at radius 2 is 1.12 bits per heavy atom. The minimum absolute atomic E-state index is 0.0112. The quantitative estimate of drug-likeness (QED) is 0.187. The molecule has 0 unspecified atom stereocenters. The summed E-state index contributed by atoms with van der Waals surface area (Å²) in [6.07, 6.45) is 0. The van der Waals surface area contributed by atoms with Gasteiger partial charge in [-0.05, 0) is 87.6 Å². The van der Waals surface area contributed by atoms with Crippen molar-refractivity contribution in [1.82, 2.24) is 14.5 Å². The largest absolute Gasteiger partial charge is 0.456 e. The van der Waals surface area contributed by atoms with Crippen LogP contribution in [0.4, 0.5) is 0 Å². The highest BCUT2D eigenvalue weighted by atomic mass is 16.3. The van der Waals surface area contributed by atoms with Gasteiger partial charge in [0.25, 0.3) is 0 Å². The molecule has 4 nitrogen and oxygen atoms in total. The maximum absolute atomic E-state index is 9.06. The lowest BCUT2D eigenvalue weighted by molar-refractivity contribution is 0.669. The number of hydrogen-bond donors (Lipinski definition) is 0. The Hall–Kier alpha value is -7.04. The van der Waals surface area contributed by atoms with E-state index in [9.17, 15) is 0 Å². The molecular formula is C48H29N3O. The average molecular weight is 669 g/mol. The van der Waals surface area contributed by atoms with E-state index in [4.69, 9.17) is 21.2 Å². The molecule has 11 rings (SSSR count). The van der Waals surface area contributed by atoms with Gasteiger partial charge in [-0.15, -0.1) is 0 Å². The highest BCUT2D eigenvalue weighted by molar-refractivity contribution is 6.14. The molecule has 0 spiro atoms. The van der Waals surface area contributed by atoms with Crippen LogP contribution in [0.1, 0.15) is 6.85 Å². The van der Waals surface area contributed by atoms with E-state index in [1.807, 2.05) is 95.6 Å². The first kappa shape index (κ1) is 24.2. The molecule has 0 aliphatic heterocycles. The van der Waals surface area contributed by atoms with Crippen LogP contribution in [0.15, 0.2) is 180 Å². The Labute approximate surface area is 305 Å². The Bertz CT molecular complexity index is 3450. The summed E-state index contributed by atoms with van der Waals surface area (Å²) in [4.78, 5) is 10.4. The lowest BCUT2D eigenvalue weighted by Gasteiger charge is -2.13. The second-order valence-corrected chi connectivity index (χ2v) is 13.1. The Morgan fingerprint density at radius 3 is 2.00 bits per heavy atom. The van der Waals surface area contributed by atoms with Crippen LogP contribution in [0.3, 0.4) is 0 Å². The van der Waals surface area contributed by atoms with Crippen molar-refractivity contribution < 1.29 is 11.3 Å². The molecule has 8 aromatic carbocycles. The van der Waals surface area contributed by atoms with Crippen molar-refractivity contribution in [2.24, 2.45) is 0 Å². The average Bonchev–Trinajstić information content (AvgIpc) is 3.78. The fourth-order valence-electron chi connectivity index (χ4n) is 7.59. The van der Waals surface area contributed by atoms with Gasteiger partial charge in [0.05, 0.1) is 29.1 Å². The summed E-state index contributed by atoms with van der Waals surface area (Å²) in [6, 6.07) is 47.1. The number of rotatable bonds is 4. The molecule has 11 aromatic rings. The molecule has 242 valence electrons. The zero-order valence-electron chi connectivity index (χ0n) is 32.6. The maximum Gasteiger partial charge on any atom is 0.235 e. The van der Waals surface area contributed by atoms with Gasteiger partial charge >= 0.3 is 0 Å². The van der Waals surface area contributed by atoms with Crippen molar-refractivity contribution in [2.75, 3.05) is 0 Å². The number of furan rings is 1. The summed E-state index contributed by atoms with van der Waals surface area (Å²) in [7, 11) is 0. The van der Waals surface area contributed by atoms with Gasteiger partial charge in [0.15, 0.2) is 0 Å². The van der Waals surface area contributed by atoms with Gasteiger partial charge in [-0.2, -0.15) is 0 Å². The van der Waals surface area contributed by atoms with E-state index in [1.165, 1.54) is 0 Å². The molecular weight excluding hydrogens is 635 g/mol. The first-order valence-corrected chi connectivity index (χ1v) is 17.2. The standard InChI is InChI=1S/C48H29N3O/c1-3-11-30(12-4-1)34-21-24-43-39(26-34)40-25-32-15-7-8-16-33(32)28-44(40)51(43)48-49-42-23-20-35(27-41(42)47(50-48)31-13-5-2-6-14-31)36-19-22-38-37-17-9-10-18-45(37)52-46(38)29-36/h1-29H/i2D,5D,6D,13D,14D. The molecule has 0 saturated heterocycles. The third-order valence-electron chi connectivity index (χ3n) is 10.1. The molecule has 4 heteroatoms. The van der Waals surface area contributed by atoms with Crippen LogP contribution in [0, 0.1) is 0 Å².